The SMILES string of the molecule is CC(C)COCCNCc1ccc(C#N)s1. The molecule has 0 aliphatic heterocycles. The number of nitrogens with zero attached hydrogens (tertiary/aromatic N) is 1. The van der Waals surface area contributed by atoms with Crippen LogP contribution in [0.2, 0.25) is 0 Å². The van der Waals surface area contributed by atoms with Crippen molar-refractivity contribution in [2.45, 2.75) is 20.4 Å². The van der Waals surface area contributed by atoms with Crippen LogP contribution in [0.4, 0.5) is 0 Å². The van der Waals surface area contributed by atoms with Crippen molar-refractivity contribution < 1.29 is 4.74 Å². The molecule has 0 saturated heterocycles. The van der Waals surface area contributed by atoms with Crippen molar-refractivity contribution in [3.05, 3.63) is 21.9 Å². The molecule has 4 heteroatoms. The van der Waals surface area contributed by atoms with Crippen LogP contribution in [0.3, 0.4) is 0 Å². The van der Waals surface area contributed by atoms with Gasteiger partial charge in [0.05, 0.1) is 6.61 Å². The van der Waals surface area contributed by atoms with Crippen LogP contribution in [0.5, 0.6) is 0 Å². The van der Waals surface area contributed by atoms with E-state index in [1.807, 2.05) is 12.1 Å². The summed E-state index contributed by atoms with van der Waals surface area (Å²) in [6, 6.07) is 5.99. The second kappa shape index (κ2) is 7.39. The van der Waals surface area contributed by atoms with Gasteiger partial charge in [-0.05, 0) is 18.1 Å². The number of hydrogen-bond donors (Lipinski definition) is 1. The van der Waals surface area contributed by atoms with Gasteiger partial charge in [-0.1, -0.05) is 13.8 Å². The normalized spacial score (nSPS) is 10.6. The van der Waals surface area contributed by atoms with Gasteiger partial charge in [-0.3, -0.25) is 0 Å². The molecule has 0 amide bonds. The third-order valence-electron chi connectivity index (χ3n) is 1.95. The van der Waals surface area contributed by atoms with Crippen molar-refractivity contribution in [2.75, 3.05) is 19.8 Å². The first-order valence-electron chi connectivity index (χ1n) is 5.49. The Morgan fingerprint density at radius 3 is 2.94 bits per heavy atom. The third kappa shape index (κ3) is 5.26. The van der Waals surface area contributed by atoms with E-state index in [-0.39, 0.29) is 0 Å². The minimum atomic E-state index is 0.593. The molecule has 0 bridgehead atoms. The Bertz CT molecular complexity index is 341. The van der Waals surface area contributed by atoms with Crippen molar-refractivity contribution in [1.29, 1.82) is 5.26 Å². The summed E-state index contributed by atoms with van der Waals surface area (Å²) < 4.78 is 5.45. The van der Waals surface area contributed by atoms with Gasteiger partial charge in [0, 0.05) is 24.6 Å². The van der Waals surface area contributed by atoms with Gasteiger partial charge in [0.15, 0.2) is 0 Å². The van der Waals surface area contributed by atoms with Gasteiger partial charge in [-0.25, -0.2) is 0 Å². The predicted octanol–water partition coefficient (Wildman–Crippen LogP) is 2.38. The van der Waals surface area contributed by atoms with E-state index < -0.39 is 0 Å². The van der Waals surface area contributed by atoms with Gasteiger partial charge >= 0.3 is 0 Å². The fourth-order valence-electron chi connectivity index (χ4n) is 1.21. The fraction of sp³-hybridized carbons (Fsp3) is 0.583. The van der Waals surface area contributed by atoms with Crippen LogP contribution in [0, 0.1) is 17.2 Å². The number of hydrogen-bond acceptors (Lipinski definition) is 4. The lowest BCUT2D eigenvalue weighted by molar-refractivity contribution is 0.111. The highest BCUT2D eigenvalue weighted by Crippen LogP contribution is 2.14. The van der Waals surface area contributed by atoms with E-state index in [9.17, 15) is 0 Å². The molecule has 3 nitrogen and oxygen atoms in total. The van der Waals surface area contributed by atoms with Gasteiger partial charge in [0.2, 0.25) is 0 Å². The molecule has 1 N–H and O–H groups in total. The molecule has 0 radical (unpaired) electrons. The Hall–Kier alpha value is -0.890. The summed E-state index contributed by atoms with van der Waals surface area (Å²) >= 11 is 1.54. The van der Waals surface area contributed by atoms with Crippen LogP contribution >= 0.6 is 11.3 Å². The second-order valence-corrected chi connectivity index (χ2v) is 5.19. The molecular formula is C12H18N2OS. The molecule has 0 saturated carbocycles. The average molecular weight is 238 g/mol. The molecule has 1 rings (SSSR count). The van der Waals surface area contributed by atoms with Crippen molar-refractivity contribution >= 4 is 11.3 Å². The first-order chi connectivity index (χ1) is 7.72. The highest BCUT2D eigenvalue weighted by atomic mass is 32.1. The molecule has 88 valence electrons. The maximum Gasteiger partial charge on any atom is 0.110 e. The van der Waals surface area contributed by atoms with Crippen LogP contribution in [-0.4, -0.2) is 19.8 Å². The molecule has 0 unspecified atom stereocenters. The topological polar surface area (TPSA) is 45.0 Å². The molecule has 0 atom stereocenters. The molecule has 16 heavy (non-hydrogen) atoms. The summed E-state index contributed by atoms with van der Waals surface area (Å²) in [5.74, 6) is 0.593. The van der Waals surface area contributed by atoms with E-state index in [2.05, 4.69) is 25.2 Å². The maximum absolute atomic E-state index is 8.66. The zero-order valence-electron chi connectivity index (χ0n) is 9.82. The molecule has 1 aromatic heterocycles. The predicted molar refractivity (Wildman–Crippen MR) is 66.4 cm³/mol. The summed E-state index contributed by atoms with van der Waals surface area (Å²) in [6.07, 6.45) is 0. The quantitative estimate of drug-likeness (QED) is 0.742. The highest BCUT2D eigenvalue weighted by molar-refractivity contribution is 7.12. The molecule has 0 aliphatic rings. The number of rotatable bonds is 7. The lowest BCUT2D eigenvalue weighted by Gasteiger charge is -2.07. The Balaban J connectivity index is 2.05. The van der Waals surface area contributed by atoms with Gasteiger partial charge in [0.25, 0.3) is 0 Å². The van der Waals surface area contributed by atoms with Crippen molar-refractivity contribution in [2.24, 2.45) is 5.92 Å². The monoisotopic (exact) mass is 238 g/mol. The molecular weight excluding hydrogens is 220 g/mol. The zero-order chi connectivity index (χ0) is 11.8. The molecule has 0 aromatic carbocycles. The van der Waals surface area contributed by atoms with E-state index >= 15 is 0 Å². The summed E-state index contributed by atoms with van der Waals surface area (Å²) in [5.41, 5.74) is 0. The van der Waals surface area contributed by atoms with E-state index in [1.165, 1.54) is 16.2 Å². The highest BCUT2D eigenvalue weighted by Gasteiger charge is 1.98. The zero-order valence-corrected chi connectivity index (χ0v) is 10.6. The van der Waals surface area contributed by atoms with Crippen LogP contribution in [0.1, 0.15) is 23.6 Å². The van der Waals surface area contributed by atoms with Gasteiger partial charge in [-0.2, -0.15) is 5.26 Å². The summed E-state index contributed by atoms with van der Waals surface area (Å²) in [7, 11) is 0. The first-order valence-corrected chi connectivity index (χ1v) is 6.31. The van der Waals surface area contributed by atoms with Crippen LogP contribution in [-0.2, 0) is 11.3 Å². The van der Waals surface area contributed by atoms with Crippen LogP contribution in [0.25, 0.3) is 0 Å². The number of nitriles is 1. The van der Waals surface area contributed by atoms with E-state index in [4.69, 9.17) is 10.00 Å². The van der Waals surface area contributed by atoms with Gasteiger partial charge in [0.1, 0.15) is 10.9 Å². The van der Waals surface area contributed by atoms with E-state index in [1.54, 1.807) is 0 Å². The lowest BCUT2D eigenvalue weighted by Crippen LogP contribution is -2.19. The summed E-state index contributed by atoms with van der Waals surface area (Å²) in [6.45, 7) is 7.52. The molecule has 0 spiro atoms. The maximum atomic E-state index is 8.66. The van der Waals surface area contributed by atoms with E-state index in [0.717, 1.165) is 31.2 Å². The Labute approximate surface area is 101 Å². The standard InChI is InChI=1S/C12H18N2OS/c1-10(2)9-15-6-5-14-8-12-4-3-11(7-13)16-12/h3-4,10,14H,5-6,8-9H2,1-2H3. The van der Waals surface area contributed by atoms with Crippen molar-refractivity contribution in [3.63, 3.8) is 0 Å². The van der Waals surface area contributed by atoms with Gasteiger partial charge in [-0.15, -0.1) is 11.3 Å². The fourth-order valence-corrected chi connectivity index (χ4v) is 1.98. The molecule has 1 heterocycles. The number of thiophene rings is 1. The Morgan fingerprint density at radius 1 is 1.50 bits per heavy atom. The Morgan fingerprint density at radius 2 is 2.31 bits per heavy atom. The summed E-state index contributed by atoms with van der Waals surface area (Å²) in [5, 5.41) is 12.0. The van der Waals surface area contributed by atoms with Crippen LogP contribution in [0.15, 0.2) is 12.1 Å². The van der Waals surface area contributed by atoms with Gasteiger partial charge < -0.3 is 10.1 Å². The lowest BCUT2D eigenvalue weighted by atomic mass is 10.2. The minimum Gasteiger partial charge on any atom is -0.380 e. The number of ether oxygens (including phenoxy) is 1. The van der Waals surface area contributed by atoms with Crippen molar-refractivity contribution in [1.82, 2.24) is 5.32 Å². The smallest absolute Gasteiger partial charge is 0.110 e. The summed E-state index contributed by atoms with van der Waals surface area (Å²) in [4.78, 5) is 1.97. The van der Waals surface area contributed by atoms with E-state index in [0.29, 0.717) is 5.92 Å². The average Bonchev–Trinajstić information content (AvgIpc) is 2.70. The van der Waals surface area contributed by atoms with Crippen molar-refractivity contribution in [3.8, 4) is 6.07 Å². The second-order valence-electron chi connectivity index (χ2n) is 4.02. The molecule has 1 aromatic rings. The third-order valence-corrected chi connectivity index (χ3v) is 2.94. The Kier molecular flexibility index (Phi) is 6.09. The minimum absolute atomic E-state index is 0.593. The largest absolute Gasteiger partial charge is 0.380 e. The van der Waals surface area contributed by atoms with Crippen LogP contribution < -0.4 is 5.32 Å². The first kappa shape index (κ1) is 13.2. The molecule has 0 fully saturated rings. The number of nitrogens with one attached hydrogen (secondary N) is 1. The molecule has 0 aliphatic carbocycles.